The minimum absolute atomic E-state index is 0.768. The predicted molar refractivity (Wildman–Crippen MR) is 66.8 cm³/mol. The number of hydrogen-bond acceptors (Lipinski definition) is 2. The highest BCUT2D eigenvalue weighted by Crippen LogP contribution is 2.13. The lowest BCUT2D eigenvalue weighted by molar-refractivity contribution is 0.661. The average molecular weight is 236 g/mol. The van der Waals surface area contributed by atoms with Gasteiger partial charge in [-0.2, -0.15) is 0 Å². The Labute approximate surface area is 100 Å². The van der Waals surface area contributed by atoms with E-state index in [4.69, 9.17) is 11.6 Å². The van der Waals surface area contributed by atoms with Crippen LogP contribution in [0.25, 0.3) is 0 Å². The number of rotatable bonds is 5. The highest BCUT2D eigenvalue weighted by molar-refractivity contribution is 6.30. The largest absolute Gasteiger partial charge is 0.385 e. The van der Waals surface area contributed by atoms with Crippen molar-refractivity contribution in [2.45, 2.75) is 13.0 Å². The first-order valence-electron chi connectivity index (χ1n) is 5.30. The Morgan fingerprint density at radius 3 is 2.75 bits per heavy atom. The van der Waals surface area contributed by atoms with Gasteiger partial charge in [0.2, 0.25) is 0 Å². The van der Waals surface area contributed by atoms with Crippen LogP contribution in [0.4, 0.5) is 5.69 Å². The molecule has 0 aliphatic carbocycles. The monoisotopic (exact) mass is 235 g/mol. The average Bonchev–Trinajstić information content (AvgIpc) is 2.80. The van der Waals surface area contributed by atoms with Crippen molar-refractivity contribution in [1.82, 2.24) is 9.55 Å². The number of anilines is 1. The molecule has 1 aromatic carbocycles. The molecule has 16 heavy (non-hydrogen) atoms. The van der Waals surface area contributed by atoms with Crippen molar-refractivity contribution in [2.75, 3.05) is 11.9 Å². The van der Waals surface area contributed by atoms with Gasteiger partial charge in [-0.25, -0.2) is 4.98 Å². The van der Waals surface area contributed by atoms with Crippen molar-refractivity contribution in [1.29, 1.82) is 0 Å². The molecule has 84 valence electrons. The van der Waals surface area contributed by atoms with Crippen molar-refractivity contribution in [3.05, 3.63) is 48.0 Å². The number of nitrogens with zero attached hydrogens (tertiary/aromatic N) is 2. The fraction of sp³-hybridized carbons (Fsp3) is 0.250. The van der Waals surface area contributed by atoms with Crippen LogP contribution in [0, 0.1) is 0 Å². The second-order valence-electron chi connectivity index (χ2n) is 3.59. The summed E-state index contributed by atoms with van der Waals surface area (Å²) in [6.07, 6.45) is 6.68. The Hall–Kier alpha value is -1.48. The van der Waals surface area contributed by atoms with Gasteiger partial charge >= 0.3 is 0 Å². The fourth-order valence-electron chi connectivity index (χ4n) is 1.48. The van der Waals surface area contributed by atoms with Crippen LogP contribution in [0.1, 0.15) is 6.42 Å². The molecule has 0 aliphatic heterocycles. The van der Waals surface area contributed by atoms with Gasteiger partial charge in [0.05, 0.1) is 6.33 Å². The van der Waals surface area contributed by atoms with E-state index in [0.29, 0.717) is 0 Å². The van der Waals surface area contributed by atoms with E-state index in [1.54, 1.807) is 6.20 Å². The molecule has 1 N–H and O–H groups in total. The van der Waals surface area contributed by atoms with Crippen LogP contribution < -0.4 is 5.32 Å². The van der Waals surface area contributed by atoms with Crippen molar-refractivity contribution < 1.29 is 0 Å². The van der Waals surface area contributed by atoms with Gasteiger partial charge in [0.25, 0.3) is 0 Å². The zero-order valence-corrected chi connectivity index (χ0v) is 9.69. The standard InChI is InChI=1S/C12H14ClN3/c13-11-2-4-12(5-3-11)15-6-1-8-16-9-7-14-10-16/h2-5,7,9-10,15H,1,6,8H2. The summed E-state index contributed by atoms with van der Waals surface area (Å²) in [6.45, 7) is 1.93. The summed E-state index contributed by atoms with van der Waals surface area (Å²) in [5.74, 6) is 0. The Kier molecular flexibility index (Phi) is 3.83. The summed E-state index contributed by atoms with van der Waals surface area (Å²) in [7, 11) is 0. The van der Waals surface area contributed by atoms with Crippen molar-refractivity contribution in [3.63, 3.8) is 0 Å². The Morgan fingerprint density at radius 1 is 1.25 bits per heavy atom. The molecule has 2 rings (SSSR count). The van der Waals surface area contributed by atoms with Crippen LogP contribution in [0.3, 0.4) is 0 Å². The van der Waals surface area contributed by atoms with Crippen molar-refractivity contribution >= 4 is 17.3 Å². The van der Waals surface area contributed by atoms with Crippen molar-refractivity contribution in [3.8, 4) is 0 Å². The molecule has 3 nitrogen and oxygen atoms in total. The molecule has 0 amide bonds. The molecule has 0 fully saturated rings. The van der Waals surface area contributed by atoms with E-state index in [-0.39, 0.29) is 0 Å². The smallest absolute Gasteiger partial charge is 0.0945 e. The molecule has 0 saturated carbocycles. The molecule has 0 unspecified atom stereocenters. The van der Waals surface area contributed by atoms with Crippen LogP contribution in [0.5, 0.6) is 0 Å². The lowest BCUT2D eigenvalue weighted by Gasteiger charge is -2.06. The Morgan fingerprint density at radius 2 is 2.06 bits per heavy atom. The molecule has 2 aromatic rings. The van der Waals surface area contributed by atoms with E-state index < -0.39 is 0 Å². The summed E-state index contributed by atoms with van der Waals surface area (Å²) in [5, 5.41) is 4.11. The second kappa shape index (κ2) is 5.56. The number of nitrogens with one attached hydrogen (secondary N) is 1. The van der Waals surface area contributed by atoms with E-state index in [2.05, 4.69) is 14.9 Å². The van der Waals surface area contributed by atoms with E-state index >= 15 is 0 Å². The van der Waals surface area contributed by atoms with Gasteiger partial charge in [-0.3, -0.25) is 0 Å². The van der Waals surface area contributed by atoms with Gasteiger partial charge < -0.3 is 9.88 Å². The van der Waals surface area contributed by atoms with Gasteiger partial charge in [-0.15, -0.1) is 0 Å². The second-order valence-corrected chi connectivity index (χ2v) is 4.02. The van der Waals surface area contributed by atoms with Gasteiger partial charge in [0, 0.05) is 36.2 Å². The predicted octanol–water partition coefficient (Wildman–Crippen LogP) is 3.04. The number of aromatic nitrogens is 2. The molecule has 0 aliphatic rings. The summed E-state index contributed by atoms with van der Waals surface area (Å²) in [5.41, 5.74) is 1.11. The number of imidazole rings is 1. The van der Waals surface area contributed by atoms with E-state index in [9.17, 15) is 0 Å². The molecule has 0 radical (unpaired) electrons. The first-order chi connectivity index (χ1) is 7.84. The number of hydrogen-bond donors (Lipinski definition) is 1. The molecule has 1 heterocycles. The molecule has 0 atom stereocenters. The van der Waals surface area contributed by atoms with Gasteiger partial charge in [0.1, 0.15) is 0 Å². The zero-order chi connectivity index (χ0) is 11.2. The topological polar surface area (TPSA) is 29.9 Å². The van der Waals surface area contributed by atoms with E-state index in [1.165, 1.54) is 0 Å². The van der Waals surface area contributed by atoms with Crippen LogP contribution in [0.2, 0.25) is 5.02 Å². The molecule has 4 heteroatoms. The summed E-state index contributed by atoms with van der Waals surface area (Å²) < 4.78 is 2.07. The lowest BCUT2D eigenvalue weighted by atomic mass is 10.3. The molecular weight excluding hydrogens is 222 g/mol. The van der Waals surface area contributed by atoms with Gasteiger partial charge in [0.15, 0.2) is 0 Å². The number of benzene rings is 1. The minimum atomic E-state index is 0.768. The molecule has 1 aromatic heterocycles. The molecular formula is C12H14ClN3. The van der Waals surface area contributed by atoms with E-state index in [1.807, 2.05) is 36.8 Å². The molecule has 0 spiro atoms. The van der Waals surface area contributed by atoms with Crippen LogP contribution >= 0.6 is 11.6 Å². The van der Waals surface area contributed by atoms with Crippen LogP contribution in [-0.2, 0) is 6.54 Å². The highest BCUT2D eigenvalue weighted by atomic mass is 35.5. The zero-order valence-electron chi connectivity index (χ0n) is 8.94. The third-order valence-electron chi connectivity index (χ3n) is 2.33. The normalized spacial score (nSPS) is 10.3. The molecule has 0 bridgehead atoms. The first-order valence-corrected chi connectivity index (χ1v) is 5.67. The maximum absolute atomic E-state index is 5.80. The SMILES string of the molecule is Clc1ccc(NCCCn2ccnc2)cc1. The lowest BCUT2D eigenvalue weighted by Crippen LogP contribution is -2.05. The molecule has 0 saturated heterocycles. The minimum Gasteiger partial charge on any atom is -0.385 e. The van der Waals surface area contributed by atoms with Gasteiger partial charge in [-0.05, 0) is 30.7 Å². The summed E-state index contributed by atoms with van der Waals surface area (Å²) in [6, 6.07) is 7.75. The maximum Gasteiger partial charge on any atom is 0.0945 e. The quantitative estimate of drug-likeness (QED) is 0.808. The Balaban J connectivity index is 1.70. The third kappa shape index (κ3) is 3.28. The first kappa shape index (κ1) is 11.0. The highest BCUT2D eigenvalue weighted by Gasteiger charge is 1.93. The Bertz CT molecular complexity index is 408. The van der Waals surface area contributed by atoms with Crippen LogP contribution in [0.15, 0.2) is 43.0 Å². The van der Waals surface area contributed by atoms with E-state index in [0.717, 1.165) is 30.2 Å². The third-order valence-corrected chi connectivity index (χ3v) is 2.58. The number of halogens is 1. The number of aryl methyl sites for hydroxylation is 1. The van der Waals surface area contributed by atoms with Gasteiger partial charge in [-0.1, -0.05) is 11.6 Å². The van der Waals surface area contributed by atoms with Crippen molar-refractivity contribution in [2.24, 2.45) is 0 Å². The summed E-state index contributed by atoms with van der Waals surface area (Å²) in [4.78, 5) is 4.00. The fourth-order valence-corrected chi connectivity index (χ4v) is 1.61. The summed E-state index contributed by atoms with van der Waals surface area (Å²) >= 11 is 5.80. The maximum atomic E-state index is 5.80. The van der Waals surface area contributed by atoms with Crippen LogP contribution in [-0.4, -0.2) is 16.1 Å².